The zero-order valence-corrected chi connectivity index (χ0v) is 22.2. The van der Waals surface area contributed by atoms with Crippen molar-refractivity contribution in [3.05, 3.63) is 41.7 Å². The Balaban J connectivity index is 1.21. The lowest BCUT2D eigenvalue weighted by molar-refractivity contribution is -0.347. The van der Waals surface area contributed by atoms with Crippen LogP contribution in [0.1, 0.15) is 18.4 Å². The fourth-order valence-corrected chi connectivity index (χ4v) is 6.59. The molecule has 5 aliphatic rings. The minimum absolute atomic E-state index is 0.110. The Kier molecular flexibility index (Phi) is 7.55. The molecule has 14 nitrogen and oxygen atoms in total. The predicted octanol–water partition coefficient (Wildman–Crippen LogP) is -1.89. The van der Waals surface area contributed by atoms with E-state index in [1.54, 1.807) is 24.3 Å². The maximum absolute atomic E-state index is 12.7. The van der Waals surface area contributed by atoms with Gasteiger partial charge in [-0.2, -0.15) is 0 Å². The van der Waals surface area contributed by atoms with Crippen LogP contribution in [0.4, 0.5) is 5.69 Å². The average Bonchev–Trinajstić information content (AvgIpc) is 3.43. The lowest BCUT2D eigenvalue weighted by Gasteiger charge is -2.46. The first-order valence-corrected chi connectivity index (χ1v) is 13.6. The van der Waals surface area contributed by atoms with Crippen molar-refractivity contribution in [2.45, 2.75) is 67.8 Å². The normalized spacial score (nSPS) is 41.6. The fraction of sp³-hybridized carbons (Fsp3) is 0.630. The van der Waals surface area contributed by atoms with E-state index in [0.29, 0.717) is 30.8 Å². The lowest BCUT2D eigenvalue weighted by atomic mass is 9.77. The highest BCUT2D eigenvalue weighted by Crippen LogP contribution is 2.47. The van der Waals surface area contributed by atoms with Gasteiger partial charge >= 0.3 is 5.97 Å². The minimum Gasteiger partial charge on any atom is -0.471 e. The first-order valence-electron chi connectivity index (χ1n) is 13.6. The summed E-state index contributed by atoms with van der Waals surface area (Å²) in [6, 6.07) is 6.99. The molecule has 3 saturated heterocycles. The molecular formula is C27H34N2O12. The van der Waals surface area contributed by atoms with E-state index in [9.17, 15) is 35.1 Å². The minimum atomic E-state index is -1.70. The van der Waals surface area contributed by atoms with Gasteiger partial charge in [0.25, 0.3) is 5.91 Å². The Morgan fingerprint density at radius 2 is 1.93 bits per heavy atom. The van der Waals surface area contributed by atoms with Crippen LogP contribution < -0.4 is 5.32 Å². The number of rotatable bonds is 7. The van der Waals surface area contributed by atoms with Gasteiger partial charge in [0, 0.05) is 36.7 Å². The van der Waals surface area contributed by atoms with Crippen LogP contribution in [-0.2, 0) is 38.9 Å². The van der Waals surface area contributed by atoms with Crippen molar-refractivity contribution in [3.8, 4) is 0 Å². The second-order valence-corrected chi connectivity index (χ2v) is 11.1. The fourth-order valence-electron chi connectivity index (χ4n) is 6.59. The molecule has 0 aromatic heterocycles. The molecule has 0 saturated carbocycles. The number of hydrogen-bond donors (Lipinski definition) is 6. The third-order valence-electron chi connectivity index (χ3n) is 8.84. The van der Waals surface area contributed by atoms with Gasteiger partial charge in [-0.15, -0.1) is 0 Å². The molecule has 11 atom stereocenters. The number of likely N-dealkylation sites (tertiary alicyclic amines) is 1. The molecule has 0 spiro atoms. The van der Waals surface area contributed by atoms with Gasteiger partial charge in [0.1, 0.15) is 30.6 Å². The Morgan fingerprint density at radius 3 is 2.68 bits per heavy atom. The zero-order chi connectivity index (χ0) is 29.1. The van der Waals surface area contributed by atoms with Crippen LogP contribution in [0.5, 0.6) is 0 Å². The van der Waals surface area contributed by atoms with Crippen molar-refractivity contribution in [3.63, 3.8) is 0 Å². The molecule has 3 fully saturated rings. The first kappa shape index (κ1) is 28.5. The summed E-state index contributed by atoms with van der Waals surface area (Å²) in [6.45, 7) is 0.0682. The monoisotopic (exact) mass is 578 g/mol. The number of carbonyl (C=O) groups excluding carboxylic acids is 2. The third kappa shape index (κ3) is 4.73. The molecule has 6 N–H and O–H groups in total. The predicted molar refractivity (Wildman–Crippen MR) is 135 cm³/mol. The summed E-state index contributed by atoms with van der Waals surface area (Å²) in [6.07, 6.45) is -7.76. The van der Waals surface area contributed by atoms with E-state index in [1.165, 1.54) is 13.4 Å². The number of nitrogens with zero attached hydrogens (tertiary/aromatic N) is 1. The number of ether oxygens (including phenoxy) is 5. The standard InChI is InChI=1S/C27H34N2O12/c1-37-23(34)13-11-38-24(41-25-22(33)21(32)20(31)17(10-30)40-25)19-12(13)8-18-29(9-16(19)39-18)7-6-27(36)14-4-2-3-5-15(14)28-26(27)35/h2-5,11-12,16-22,24-25,30-33,36H,6-10H2,1H3,(H,28,35)/t12-,16-,17-,18-,19+,20-,21+,22-,24+,25+,27-/m1/s1. The van der Waals surface area contributed by atoms with E-state index in [2.05, 4.69) is 5.32 Å². The van der Waals surface area contributed by atoms with E-state index in [-0.39, 0.29) is 12.0 Å². The van der Waals surface area contributed by atoms with Crippen molar-refractivity contribution in [1.82, 2.24) is 4.90 Å². The van der Waals surface area contributed by atoms with Crippen LogP contribution in [0.15, 0.2) is 36.1 Å². The lowest BCUT2D eigenvalue weighted by Crippen LogP contribution is -2.61. The molecule has 0 radical (unpaired) electrons. The van der Waals surface area contributed by atoms with Crippen molar-refractivity contribution in [2.24, 2.45) is 11.8 Å². The Labute approximate surface area is 235 Å². The van der Waals surface area contributed by atoms with Crippen molar-refractivity contribution >= 4 is 17.6 Å². The van der Waals surface area contributed by atoms with Gasteiger partial charge < -0.3 is 54.5 Å². The topological polar surface area (TPSA) is 197 Å². The summed E-state index contributed by atoms with van der Waals surface area (Å²) in [7, 11) is 1.26. The molecule has 1 amide bonds. The molecule has 1 aromatic carbocycles. The van der Waals surface area contributed by atoms with Gasteiger partial charge in [-0.05, 0) is 12.5 Å². The number of anilines is 1. The number of aliphatic hydroxyl groups excluding tert-OH is 4. The molecule has 5 heterocycles. The van der Waals surface area contributed by atoms with Crippen LogP contribution in [0.3, 0.4) is 0 Å². The number of hydrogen-bond acceptors (Lipinski definition) is 13. The van der Waals surface area contributed by atoms with Gasteiger partial charge in [-0.25, -0.2) is 4.79 Å². The SMILES string of the molecule is COC(=O)C1=CO[C@@H](O[C@@H]2O[C@H](CO)[C@@H](O)[C@H](O)[C@H]2O)[C@H]2[C@@H]1C[C@H]1O[C@@H]2CN1CC[C@]1(O)C(=O)Nc2ccccc21. The van der Waals surface area contributed by atoms with Gasteiger partial charge in [0.15, 0.2) is 11.9 Å². The number of aliphatic hydroxyl groups is 5. The van der Waals surface area contributed by atoms with Gasteiger partial charge in [0.2, 0.25) is 6.29 Å². The zero-order valence-electron chi connectivity index (χ0n) is 22.2. The van der Waals surface area contributed by atoms with E-state index in [1.807, 2.05) is 4.90 Å². The third-order valence-corrected chi connectivity index (χ3v) is 8.84. The van der Waals surface area contributed by atoms with E-state index >= 15 is 0 Å². The molecular weight excluding hydrogens is 544 g/mol. The number of fused-ring (bicyclic) bond motifs is 5. The molecule has 14 heteroatoms. The van der Waals surface area contributed by atoms with E-state index < -0.39 is 85.2 Å². The van der Waals surface area contributed by atoms with E-state index in [0.717, 1.165) is 0 Å². The summed E-state index contributed by atoms with van der Waals surface area (Å²) in [5, 5.41) is 54.4. The van der Waals surface area contributed by atoms with Crippen LogP contribution in [-0.4, -0.2) is 118 Å². The highest BCUT2D eigenvalue weighted by atomic mass is 16.8. The molecule has 6 rings (SSSR count). The number of benzene rings is 1. The molecule has 1 aromatic rings. The number of methoxy groups -OCH3 is 1. The Morgan fingerprint density at radius 1 is 1.15 bits per heavy atom. The molecule has 2 bridgehead atoms. The molecule has 5 aliphatic heterocycles. The number of amides is 1. The summed E-state index contributed by atoms with van der Waals surface area (Å²) >= 11 is 0. The highest BCUT2D eigenvalue weighted by molar-refractivity contribution is 6.04. The van der Waals surface area contributed by atoms with Crippen molar-refractivity contribution in [1.29, 1.82) is 0 Å². The number of carbonyl (C=O) groups is 2. The van der Waals surface area contributed by atoms with Crippen LogP contribution in [0.2, 0.25) is 0 Å². The highest BCUT2D eigenvalue weighted by Gasteiger charge is 2.56. The summed E-state index contributed by atoms with van der Waals surface area (Å²) in [5.41, 5.74) is -0.330. The quantitative estimate of drug-likeness (QED) is 0.197. The smallest absolute Gasteiger partial charge is 0.337 e. The van der Waals surface area contributed by atoms with Crippen LogP contribution >= 0.6 is 0 Å². The van der Waals surface area contributed by atoms with Gasteiger partial charge in [-0.3, -0.25) is 9.69 Å². The van der Waals surface area contributed by atoms with Crippen molar-refractivity contribution < 1.29 is 58.8 Å². The van der Waals surface area contributed by atoms with Crippen LogP contribution in [0, 0.1) is 11.8 Å². The second-order valence-electron chi connectivity index (χ2n) is 11.1. The van der Waals surface area contributed by atoms with Crippen LogP contribution in [0.25, 0.3) is 0 Å². The Hall–Kier alpha value is -2.66. The molecule has 224 valence electrons. The van der Waals surface area contributed by atoms with Crippen molar-refractivity contribution in [2.75, 3.05) is 32.1 Å². The molecule has 41 heavy (non-hydrogen) atoms. The maximum atomic E-state index is 12.7. The summed E-state index contributed by atoms with van der Waals surface area (Å²) < 4.78 is 28.5. The largest absolute Gasteiger partial charge is 0.471 e. The number of nitrogens with one attached hydrogen (secondary N) is 1. The number of esters is 1. The molecule has 0 aliphatic carbocycles. The second kappa shape index (κ2) is 10.9. The summed E-state index contributed by atoms with van der Waals surface area (Å²) in [5.74, 6) is -2.07. The Bertz CT molecular complexity index is 1210. The van der Waals surface area contributed by atoms with E-state index in [4.69, 9.17) is 23.7 Å². The number of para-hydroxylation sites is 1. The first-order chi connectivity index (χ1) is 19.7. The van der Waals surface area contributed by atoms with Gasteiger partial charge in [0.05, 0.1) is 37.6 Å². The molecule has 0 unspecified atom stereocenters. The summed E-state index contributed by atoms with van der Waals surface area (Å²) in [4.78, 5) is 27.3. The van der Waals surface area contributed by atoms with Gasteiger partial charge in [-0.1, -0.05) is 18.2 Å². The maximum Gasteiger partial charge on any atom is 0.337 e. The average molecular weight is 579 g/mol.